The molecule has 2 aromatic rings. The standard InChI is InChI=1S/C17H20ClNO2/c1-12(19)9-13-7-8-16(20-2)17(10-13)21-11-14-5-3-4-6-15(14)18/h3-8,10,12H,9,11,19H2,1-2H3. The number of benzene rings is 2. The third kappa shape index (κ3) is 4.38. The Balaban J connectivity index is 2.15. The third-order valence-corrected chi connectivity index (χ3v) is 3.50. The summed E-state index contributed by atoms with van der Waals surface area (Å²) in [5.41, 5.74) is 7.91. The summed E-state index contributed by atoms with van der Waals surface area (Å²) in [7, 11) is 1.63. The van der Waals surface area contributed by atoms with Crippen LogP contribution in [0, 0.1) is 0 Å². The van der Waals surface area contributed by atoms with E-state index in [9.17, 15) is 0 Å². The van der Waals surface area contributed by atoms with Crippen molar-refractivity contribution in [1.29, 1.82) is 0 Å². The van der Waals surface area contributed by atoms with E-state index in [1.54, 1.807) is 7.11 Å². The molecule has 0 aliphatic heterocycles. The number of methoxy groups -OCH3 is 1. The Kier molecular flexibility index (Phi) is 5.48. The first-order valence-corrected chi connectivity index (χ1v) is 7.26. The quantitative estimate of drug-likeness (QED) is 0.882. The van der Waals surface area contributed by atoms with Gasteiger partial charge in [-0.3, -0.25) is 0 Å². The van der Waals surface area contributed by atoms with E-state index in [2.05, 4.69) is 0 Å². The van der Waals surface area contributed by atoms with Crippen molar-refractivity contribution < 1.29 is 9.47 Å². The van der Waals surface area contributed by atoms with Crippen LogP contribution in [0.2, 0.25) is 5.02 Å². The molecule has 4 heteroatoms. The molecule has 21 heavy (non-hydrogen) atoms. The molecule has 2 aromatic carbocycles. The Labute approximate surface area is 130 Å². The van der Waals surface area contributed by atoms with Crippen LogP contribution in [0.5, 0.6) is 11.5 Å². The van der Waals surface area contributed by atoms with Crippen LogP contribution in [0.3, 0.4) is 0 Å². The van der Waals surface area contributed by atoms with Gasteiger partial charge in [-0.2, -0.15) is 0 Å². The second kappa shape index (κ2) is 7.34. The third-order valence-electron chi connectivity index (χ3n) is 3.13. The number of hydrogen-bond donors (Lipinski definition) is 1. The van der Waals surface area contributed by atoms with Crippen molar-refractivity contribution in [3.8, 4) is 11.5 Å². The molecule has 1 atom stereocenters. The van der Waals surface area contributed by atoms with Crippen molar-refractivity contribution >= 4 is 11.6 Å². The number of ether oxygens (including phenoxy) is 2. The highest BCUT2D eigenvalue weighted by molar-refractivity contribution is 6.31. The maximum atomic E-state index is 6.14. The van der Waals surface area contributed by atoms with Crippen LogP contribution in [0.1, 0.15) is 18.1 Å². The lowest BCUT2D eigenvalue weighted by Gasteiger charge is -2.14. The molecule has 0 heterocycles. The zero-order chi connectivity index (χ0) is 15.2. The Hall–Kier alpha value is -1.71. The SMILES string of the molecule is COc1ccc(CC(C)N)cc1OCc1ccccc1Cl. The van der Waals surface area contributed by atoms with Crippen LogP contribution < -0.4 is 15.2 Å². The summed E-state index contributed by atoms with van der Waals surface area (Å²) < 4.78 is 11.2. The summed E-state index contributed by atoms with van der Waals surface area (Å²) in [5, 5.41) is 0.697. The Bertz CT molecular complexity index is 599. The van der Waals surface area contributed by atoms with Gasteiger partial charge in [0.2, 0.25) is 0 Å². The molecule has 0 saturated heterocycles. The Morgan fingerprint density at radius 3 is 2.57 bits per heavy atom. The molecule has 112 valence electrons. The van der Waals surface area contributed by atoms with Crippen molar-refractivity contribution in [2.45, 2.75) is 26.0 Å². The molecule has 0 amide bonds. The van der Waals surface area contributed by atoms with Crippen molar-refractivity contribution in [1.82, 2.24) is 0 Å². The van der Waals surface area contributed by atoms with Gasteiger partial charge in [-0.1, -0.05) is 35.9 Å². The van der Waals surface area contributed by atoms with Crippen molar-refractivity contribution in [3.63, 3.8) is 0 Å². The zero-order valence-corrected chi connectivity index (χ0v) is 13.1. The molecule has 0 aliphatic rings. The highest BCUT2D eigenvalue weighted by atomic mass is 35.5. The largest absolute Gasteiger partial charge is 0.493 e. The molecule has 0 radical (unpaired) electrons. The first-order valence-electron chi connectivity index (χ1n) is 6.89. The minimum atomic E-state index is 0.106. The molecular formula is C17H20ClNO2. The molecule has 0 spiro atoms. The summed E-state index contributed by atoms with van der Waals surface area (Å²) in [6.45, 7) is 2.38. The van der Waals surface area contributed by atoms with Gasteiger partial charge in [0.05, 0.1) is 7.11 Å². The van der Waals surface area contributed by atoms with Gasteiger partial charge < -0.3 is 15.2 Å². The van der Waals surface area contributed by atoms with Crippen LogP contribution in [-0.4, -0.2) is 13.2 Å². The van der Waals surface area contributed by atoms with Crippen LogP contribution in [0.4, 0.5) is 0 Å². The van der Waals surface area contributed by atoms with Gasteiger partial charge >= 0.3 is 0 Å². The molecule has 1 unspecified atom stereocenters. The number of hydrogen-bond acceptors (Lipinski definition) is 3. The van der Waals surface area contributed by atoms with E-state index in [0.29, 0.717) is 23.1 Å². The normalized spacial score (nSPS) is 12.0. The van der Waals surface area contributed by atoms with E-state index in [-0.39, 0.29) is 6.04 Å². The summed E-state index contributed by atoms with van der Waals surface area (Å²) in [6.07, 6.45) is 0.798. The fraction of sp³-hybridized carbons (Fsp3) is 0.294. The highest BCUT2D eigenvalue weighted by Gasteiger charge is 2.08. The van der Waals surface area contributed by atoms with E-state index < -0.39 is 0 Å². The van der Waals surface area contributed by atoms with Crippen LogP contribution in [-0.2, 0) is 13.0 Å². The lowest BCUT2D eigenvalue weighted by atomic mass is 10.1. The van der Waals surface area contributed by atoms with Gasteiger partial charge in [-0.05, 0) is 37.1 Å². The van der Waals surface area contributed by atoms with Gasteiger partial charge in [-0.25, -0.2) is 0 Å². The van der Waals surface area contributed by atoms with Crippen LogP contribution in [0.25, 0.3) is 0 Å². The zero-order valence-electron chi connectivity index (χ0n) is 12.3. The molecule has 0 aromatic heterocycles. The van der Waals surface area contributed by atoms with Gasteiger partial charge in [0.15, 0.2) is 11.5 Å². The fourth-order valence-electron chi connectivity index (χ4n) is 2.10. The first-order chi connectivity index (χ1) is 10.1. The predicted molar refractivity (Wildman–Crippen MR) is 86.1 cm³/mol. The number of rotatable bonds is 6. The average Bonchev–Trinajstić information content (AvgIpc) is 2.46. The minimum absolute atomic E-state index is 0.106. The average molecular weight is 306 g/mol. The molecule has 0 aliphatic carbocycles. The molecule has 2 N–H and O–H groups in total. The van der Waals surface area contributed by atoms with Gasteiger partial charge in [0.25, 0.3) is 0 Å². The maximum absolute atomic E-state index is 6.14. The lowest BCUT2D eigenvalue weighted by molar-refractivity contribution is 0.284. The van der Waals surface area contributed by atoms with Crippen molar-refractivity contribution in [2.24, 2.45) is 5.73 Å². The first kappa shape index (κ1) is 15.7. The second-order valence-electron chi connectivity index (χ2n) is 5.05. The smallest absolute Gasteiger partial charge is 0.161 e. The number of nitrogens with two attached hydrogens (primary N) is 1. The second-order valence-corrected chi connectivity index (χ2v) is 5.45. The molecule has 3 nitrogen and oxygen atoms in total. The lowest BCUT2D eigenvalue weighted by Crippen LogP contribution is -2.17. The van der Waals surface area contributed by atoms with Gasteiger partial charge in [-0.15, -0.1) is 0 Å². The van der Waals surface area contributed by atoms with Crippen LogP contribution in [0.15, 0.2) is 42.5 Å². The summed E-state index contributed by atoms with van der Waals surface area (Å²) in [6, 6.07) is 13.6. The van der Waals surface area contributed by atoms with Crippen LogP contribution >= 0.6 is 11.6 Å². The predicted octanol–water partition coefficient (Wildman–Crippen LogP) is 3.82. The molecule has 0 saturated carbocycles. The summed E-state index contributed by atoms with van der Waals surface area (Å²) in [5.74, 6) is 1.41. The Morgan fingerprint density at radius 1 is 1.14 bits per heavy atom. The topological polar surface area (TPSA) is 44.5 Å². The molecular weight excluding hydrogens is 286 g/mol. The van der Waals surface area contributed by atoms with E-state index in [1.807, 2.05) is 49.4 Å². The van der Waals surface area contributed by atoms with Gasteiger partial charge in [0.1, 0.15) is 6.61 Å². The highest BCUT2D eigenvalue weighted by Crippen LogP contribution is 2.30. The fourth-order valence-corrected chi connectivity index (χ4v) is 2.29. The summed E-state index contributed by atoms with van der Waals surface area (Å²) in [4.78, 5) is 0. The minimum Gasteiger partial charge on any atom is -0.493 e. The Morgan fingerprint density at radius 2 is 1.90 bits per heavy atom. The van der Waals surface area contributed by atoms with E-state index >= 15 is 0 Å². The number of halogens is 1. The van der Waals surface area contributed by atoms with Gasteiger partial charge in [0, 0.05) is 16.6 Å². The maximum Gasteiger partial charge on any atom is 0.161 e. The molecule has 0 fully saturated rings. The monoisotopic (exact) mass is 305 g/mol. The van der Waals surface area contributed by atoms with E-state index in [4.69, 9.17) is 26.8 Å². The van der Waals surface area contributed by atoms with Crippen molar-refractivity contribution in [2.75, 3.05) is 7.11 Å². The molecule has 2 rings (SSSR count). The molecule has 0 bridgehead atoms. The summed E-state index contributed by atoms with van der Waals surface area (Å²) >= 11 is 6.14. The van der Waals surface area contributed by atoms with Crippen molar-refractivity contribution in [3.05, 3.63) is 58.6 Å². The van der Waals surface area contributed by atoms with E-state index in [1.165, 1.54) is 0 Å². The van der Waals surface area contributed by atoms with E-state index in [0.717, 1.165) is 17.5 Å².